The normalized spacial score (nSPS) is 19.4. The molecule has 1 rings (SSSR count). The van der Waals surface area contributed by atoms with Gasteiger partial charge < -0.3 is 36.0 Å². The van der Waals surface area contributed by atoms with Gasteiger partial charge in [0.1, 0.15) is 12.2 Å². The molecule has 0 aromatic carbocycles. The Balaban J connectivity index is 0.00000113. The Labute approximate surface area is 358 Å². The van der Waals surface area contributed by atoms with Crippen LogP contribution in [0.4, 0.5) is 0 Å². The lowest BCUT2D eigenvalue weighted by Crippen LogP contribution is -2.47. The molecule has 8 heteroatoms. The summed E-state index contributed by atoms with van der Waals surface area (Å²) in [6.45, 7) is 4.20. The molecule has 0 aromatic heterocycles. The number of primary amides is 1. The van der Waals surface area contributed by atoms with Gasteiger partial charge in [-0.2, -0.15) is 0 Å². The molecular weight excluding hydrogens is 727 g/mol. The molecule has 6 unspecified atom stereocenters. The number of hydrogen-bond acceptors (Lipinski definition) is 7. The number of rotatable bonds is 40. The fraction of sp³-hybridized carbons (Fsp3) is 0.900. The van der Waals surface area contributed by atoms with E-state index in [1.165, 1.54) is 180 Å². The third-order valence-corrected chi connectivity index (χ3v) is 11.7. The number of carbonyl (C=O) groups excluding carboxylic acids is 1. The van der Waals surface area contributed by atoms with E-state index in [1.807, 2.05) is 0 Å². The quantitative estimate of drug-likeness (QED) is 0.0266. The van der Waals surface area contributed by atoms with E-state index < -0.39 is 36.6 Å². The molecule has 1 aliphatic heterocycles. The number of aliphatic hydroxyl groups is 5. The first kappa shape index (κ1) is 56.7. The lowest BCUT2D eigenvalue weighted by molar-refractivity contribution is -0.163. The number of amides is 1. The zero-order valence-electron chi connectivity index (χ0n) is 38.1. The Morgan fingerprint density at radius 1 is 0.569 bits per heavy atom. The molecule has 1 fully saturated rings. The Morgan fingerprint density at radius 2 is 0.966 bits per heavy atom. The molecule has 344 valence electrons. The van der Waals surface area contributed by atoms with Crippen LogP contribution < -0.4 is 5.73 Å². The van der Waals surface area contributed by atoms with E-state index in [0.717, 1.165) is 25.7 Å². The number of hydrogen-bond donors (Lipinski definition) is 6. The molecule has 58 heavy (non-hydrogen) atoms. The summed E-state index contributed by atoms with van der Waals surface area (Å²) in [6, 6.07) is 0. The summed E-state index contributed by atoms with van der Waals surface area (Å²) in [4.78, 5) is 10.7. The minimum Gasteiger partial charge on any atom is -0.394 e. The number of ether oxygens (including phenoxy) is 1. The average Bonchev–Trinajstić information content (AvgIpc) is 3.21. The highest BCUT2D eigenvalue weighted by Gasteiger charge is 2.34. The number of unbranched alkanes of at least 4 members (excludes halogenated alkanes) is 29. The van der Waals surface area contributed by atoms with Crippen LogP contribution in [0.25, 0.3) is 0 Å². The lowest BCUT2D eigenvalue weighted by atomic mass is 9.97. The number of aliphatic hydroxyl groups excluding tert-OH is 5. The van der Waals surface area contributed by atoms with Crippen molar-refractivity contribution in [3.63, 3.8) is 0 Å². The van der Waals surface area contributed by atoms with Gasteiger partial charge in [0.05, 0.1) is 31.0 Å². The minimum atomic E-state index is -0.881. The van der Waals surface area contributed by atoms with Gasteiger partial charge >= 0.3 is 0 Å². The van der Waals surface area contributed by atoms with Gasteiger partial charge in [0, 0.05) is 12.8 Å². The molecule has 0 radical (unpaired) electrons. The Bertz CT molecular complexity index is 914. The van der Waals surface area contributed by atoms with Crippen molar-refractivity contribution in [2.24, 2.45) is 5.73 Å². The summed E-state index contributed by atoms with van der Waals surface area (Å²) in [6.07, 6.45) is 47.5. The fourth-order valence-corrected chi connectivity index (χ4v) is 7.76. The maximum atomic E-state index is 10.7. The topological polar surface area (TPSA) is 153 Å². The van der Waals surface area contributed by atoms with Crippen LogP contribution in [0.2, 0.25) is 0 Å². The largest absolute Gasteiger partial charge is 0.394 e. The second-order valence-corrected chi connectivity index (χ2v) is 17.4. The molecule has 7 N–H and O–H groups in total. The molecular formula is C50H97NO7. The first-order chi connectivity index (χ1) is 28.3. The second kappa shape index (κ2) is 43.8. The molecule has 8 nitrogen and oxygen atoms in total. The molecule has 1 saturated heterocycles. The van der Waals surface area contributed by atoms with Gasteiger partial charge in [0.15, 0.2) is 0 Å². The van der Waals surface area contributed by atoms with Gasteiger partial charge in [-0.25, -0.2) is 0 Å². The van der Waals surface area contributed by atoms with Crippen molar-refractivity contribution in [3.8, 4) is 0 Å². The molecule has 0 bridgehead atoms. The molecule has 1 amide bonds. The highest BCUT2D eigenvalue weighted by Crippen LogP contribution is 2.22. The van der Waals surface area contributed by atoms with Crippen LogP contribution in [-0.2, 0) is 9.53 Å². The molecule has 1 heterocycles. The summed E-state index contributed by atoms with van der Waals surface area (Å²) in [7, 11) is 0. The van der Waals surface area contributed by atoms with E-state index in [2.05, 4.69) is 26.0 Å². The lowest BCUT2D eigenvalue weighted by Gasteiger charge is -2.35. The van der Waals surface area contributed by atoms with E-state index in [1.54, 1.807) is 12.2 Å². The van der Waals surface area contributed by atoms with E-state index in [4.69, 9.17) is 15.6 Å². The summed E-state index contributed by atoms with van der Waals surface area (Å²) in [5, 5.41) is 48.9. The Kier molecular flexibility index (Phi) is 42.8. The van der Waals surface area contributed by atoms with E-state index in [0.29, 0.717) is 12.8 Å². The first-order valence-corrected chi connectivity index (χ1v) is 24.8. The van der Waals surface area contributed by atoms with Gasteiger partial charge in [0.2, 0.25) is 5.91 Å². The standard InChI is InChI=1S/C29H57NO.C21H40O6/c1-2-3-4-5-6-7-8-9-10-11-12-13-14-15-16-17-18-19-20-21-22-23-24-25-26-27-28-29(30)31;1-2-3-4-5-6-7-8-9-11-16(23)17(24)12-10-13-20-18(25)14-19(26)21(15-22)27-20/h19-20H,2-18,21-28H2,1H3,(H2,30,31);10,13,16-26H,2-9,11-12,14-15H2,1H3/b20-19-;13-10+. The third-order valence-electron chi connectivity index (χ3n) is 11.7. The van der Waals surface area contributed by atoms with Crippen LogP contribution >= 0.6 is 0 Å². The number of allylic oxidation sites excluding steroid dienone is 2. The van der Waals surface area contributed by atoms with Crippen molar-refractivity contribution < 1.29 is 35.1 Å². The average molecular weight is 824 g/mol. The van der Waals surface area contributed by atoms with Crippen LogP contribution in [0.5, 0.6) is 0 Å². The van der Waals surface area contributed by atoms with Crippen LogP contribution in [0.1, 0.15) is 245 Å². The fourth-order valence-electron chi connectivity index (χ4n) is 7.76. The summed E-state index contributed by atoms with van der Waals surface area (Å²) >= 11 is 0. The predicted octanol–water partition coefficient (Wildman–Crippen LogP) is 11.9. The summed E-state index contributed by atoms with van der Waals surface area (Å²) < 4.78 is 5.45. The second-order valence-electron chi connectivity index (χ2n) is 17.4. The minimum absolute atomic E-state index is 0.143. The van der Waals surface area contributed by atoms with Crippen LogP contribution in [0.15, 0.2) is 24.3 Å². The van der Waals surface area contributed by atoms with Gasteiger partial charge in [-0.15, -0.1) is 0 Å². The van der Waals surface area contributed by atoms with Crippen LogP contribution in [0.3, 0.4) is 0 Å². The smallest absolute Gasteiger partial charge is 0.217 e. The van der Waals surface area contributed by atoms with E-state index in [9.17, 15) is 25.2 Å². The van der Waals surface area contributed by atoms with Crippen molar-refractivity contribution in [1.29, 1.82) is 0 Å². The SMILES string of the molecule is CCCCCCCCCCC(O)C(O)C/C=C/C1OC(CO)C(O)CC1O.CCCCCCCCCCCCCCCCCC/C=C\CCCCCCCCC(N)=O. The molecule has 1 aliphatic rings. The van der Waals surface area contributed by atoms with Crippen molar-refractivity contribution >= 4 is 5.91 Å². The van der Waals surface area contributed by atoms with Crippen molar-refractivity contribution in [2.45, 2.75) is 282 Å². The predicted molar refractivity (Wildman–Crippen MR) is 245 cm³/mol. The summed E-state index contributed by atoms with van der Waals surface area (Å²) in [5.74, 6) is -0.158. The van der Waals surface area contributed by atoms with Crippen LogP contribution in [-0.4, -0.2) is 74.7 Å². The monoisotopic (exact) mass is 824 g/mol. The Morgan fingerprint density at radius 3 is 1.38 bits per heavy atom. The van der Waals surface area contributed by atoms with Gasteiger partial charge in [-0.1, -0.05) is 212 Å². The highest BCUT2D eigenvalue weighted by molar-refractivity contribution is 5.73. The first-order valence-electron chi connectivity index (χ1n) is 24.8. The van der Waals surface area contributed by atoms with E-state index in [-0.39, 0.29) is 25.4 Å². The molecule has 0 aromatic rings. The summed E-state index contributed by atoms with van der Waals surface area (Å²) in [5.41, 5.74) is 5.15. The zero-order valence-corrected chi connectivity index (χ0v) is 38.1. The zero-order chi connectivity index (χ0) is 42.7. The number of carbonyl (C=O) groups is 1. The van der Waals surface area contributed by atoms with E-state index >= 15 is 0 Å². The van der Waals surface area contributed by atoms with Gasteiger partial charge in [-0.3, -0.25) is 4.79 Å². The van der Waals surface area contributed by atoms with Crippen LogP contribution in [0, 0.1) is 0 Å². The van der Waals surface area contributed by atoms with Crippen molar-refractivity contribution in [2.75, 3.05) is 6.61 Å². The molecule has 6 atom stereocenters. The highest BCUT2D eigenvalue weighted by atomic mass is 16.5. The maximum Gasteiger partial charge on any atom is 0.217 e. The van der Waals surface area contributed by atoms with Crippen molar-refractivity contribution in [1.82, 2.24) is 0 Å². The Hall–Kier alpha value is -1.29. The molecule has 0 saturated carbocycles. The third kappa shape index (κ3) is 37.7. The van der Waals surface area contributed by atoms with Crippen molar-refractivity contribution in [3.05, 3.63) is 24.3 Å². The maximum absolute atomic E-state index is 10.7. The van der Waals surface area contributed by atoms with Gasteiger partial charge in [-0.05, 0) is 44.9 Å². The molecule has 0 spiro atoms. The molecule has 0 aliphatic carbocycles. The van der Waals surface area contributed by atoms with Gasteiger partial charge in [0.25, 0.3) is 0 Å². The number of nitrogens with two attached hydrogens (primary N) is 1.